The molecule has 1 aliphatic carbocycles. The maximum Gasteiger partial charge on any atom is 0.418 e. The molecule has 2 aliphatic rings. The van der Waals surface area contributed by atoms with Crippen LogP contribution < -0.4 is 5.32 Å². The second-order valence-electron chi connectivity index (χ2n) is 6.44. The minimum absolute atomic E-state index is 0.0158. The minimum atomic E-state index is -4.48. The summed E-state index contributed by atoms with van der Waals surface area (Å²) in [7, 11) is 0. The Labute approximate surface area is 133 Å². The van der Waals surface area contributed by atoms with Gasteiger partial charge >= 0.3 is 6.18 Å². The third-order valence-electron chi connectivity index (χ3n) is 4.82. The molecule has 0 radical (unpaired) electrons. The second-order valence-corrected chi connectivity index (χ2v) is 6.44. The van der Waals surface area contributed by atoms with E-state index < -0.39 is 11.7 Å². The highest BCUT2D eigenvalue weighted by molar-refractivity contribution is 5.56. The molecule has 1 saturated heterocycles. The summed E-state index contributed by atoms with van der Waals surface area (Å²) in [6.45, 7) is 0.579. The highest BCUT2D eigenvalue weighted by atomic mass is 19.4. The number of alkyl halides is 3. The summed E-state index contributed by atoms with van der Waals surface area (Å²) in [5, 5.41) is 11.9. The van der Waals surface area contributed by atoms with Crippen LogP contribution in [0.1, 0.15) is 49.7 Å². The van der Waals surface area contributed by atoms with Crippen molar-refractivity contribution in [3.8, 4) is 6.07 Å². The van der Waals surface area contributed by atoms with Crippen molar-refractivity contribution >= 4 is 5.69 Å². The van der Waals surface area contributed by atoms with Crippen molar-refractivity contribution in [3.63, 3.8) is 0 Å². The van der Waals surface area contributed by atoms with E-state index in [4.69, 9.17) is 10.00 Å². The summed E-state index contributed by atoms with van der Waals surface area (Å²) in [5.74, 6) is 0. The van der Waals surface area contributed by atoms with Crippen LogP contribution in [0, 0.1) is 11.3 Å². The van der Waals surface area contributed by atoms with Gasteiger partial charge in [-0.05, 0) is 43.9 Å². The van der Waals surface area contributed by atoms with E-state index in [1.165, 1.54) is 12.1 Å². The van der Waals surface area contributed by atoms with E-state index in [1.807, 2.05) is 0 Å². The van der Waals surface area contributed by atoms with Gasteiger partial charge in [-0.15, -0.1) is 0 Å². The van der Waals surface area contributed by atoms with E-state index in [-0.39, 0.29) is 22.9 Å². The van der Waals surface area contributed by atoms with Gasteiger partial charge in [0, 0.05) is 18.3 Å². The Morgan fingerprint density at radius 3 is 2.65 bits per heavy atom. The van der Waals surface area contributed by atoms with Crippen molar-refractivity contribution in [2.75, 3.05) is 11.9 Å². The van der Waals surface area contributed by atoms with Crippen LogP contribution in [0.4, 0.5) is 18.9 Å². The Bertz CT molecular complexity index is 615. The average molecular weight is 324 g/mol. The number of nitrogens with zero attached hydrogens (tertiary/aromatic N) is 1. The van der Waals surface area contributed by atoms with Crippen LogP contribution in [0.15, 0.2) is 18.2 Å². The highest BCUT2D eigenvalue weighted by Gasteiger charge is 2.41. The average Bonchev–Trinajstić information content (AvgIpc) is 2.94. The molecular weight excluding hydrogens is 305 g/mol. The molecule has 1 spiro atoms. The maximum atomic E-state index is 13.2. The summed E-state index contributed by atoms with van der Waals surface area (Å²) in [4.78, 5) is 0. The molecule has 1 aliphatic heterocycles. The molecule has 3 nitrogen and oxygen atoms in total. The molecule has 6 heteroatoms. The number of benzene rings is 1. The van der Waals surface area contributed by atoms with Gasteiger partial charge in [-0.1, -0.05) is 12.8 Å². The number of nitrogens with one attached hydrogen (secondary N) is 1. The summed E-state index contributed by atoms with van der Waals surface area (Å²) < 4.78 is 45.6. The topological polar surface area (TPSA) is 45.0 Å². The zero-order valence-electron chi connectivity index (χ0n) is 12.7. The molecule has 23 heavy (non-hydrogen) atoms. The van der Waals surface area contributed by atoms with Crippen LogP contribution in [-0.2, 0) is 10.9 Å². The van der Waals surface area contributed by atoms with Gasteiger partial charge in [0.1, 0.15) is 0 Å². The lowest BCUT2D eigenvalue weighted by Gasteiger charge is -2.39. The molecule has 3 rings (SSSR count). The SMILES string of the molecule is N#Cc1ccc(NC2CCOC3(CCCC3)C2)c(C(F)(F)F)c1. The fourth-order valence-corrected chi connectivity index (χ4v) is 3.71. The van der Waals surface area contributed by atoms with Crippen LogP contribution >= 0.6 is 0 Å². The molecule has 0 bridgehead atoms. The molecule has 0 aromatic heterocycles. The summed E-state index contributed by atoms with van der Waals surface area (Å²) >= 11 is 0. The van der Waals surface area contributed by atoms with Gasteiger partial charge in [0.15, 0.2) is 0 Å². The number of halogens is 3. The van der Waals surface area contributed by atoms with Crippen molar-refractivity contribution in [3.05, 3.63) is 29.3 Å². The predicted molar refractivity (Wildman–Crippen MR) is 80.0 cm³/mol. The molecule has 1 unspecified atom stereocenters. The van der Waals surface area contributed by atoms with Crippen molar-refractivity contribution in [2.45, 2.75) is 56.3 Å². The predicted octanol–water partition coefficient (Wildman–Crippen LogP) is 4.48. The van der Waals surface area contributed by atoms with Gasteiger partial charge in [-0.3, -0.25) is 0 Å². The van der Waals surface area contributed by atoms with E-state index in [9.17, 15) is 13.2 Å². The van der Waals surface area contributed by atoms with E-state index in [0.29, 0.717) is 13.0 Å². The Kier molecular flexibility index (Phi) is 4.24. The lowest BCUT2D eigenvalue weighted by atomic mass is 9.88. The quantitative estimate of drug-likeness (QED) is 0.872. The van der Waals surface area contributed by atoms with Gasteiger partial charge in [0.2, 0.25) is 0 Å². The van der Waals surface area contributed by atoms with Crippen molar-refractivity contribution in [1.29, 1.82) is 5.26 Å². The number of nitriles is 1. The van der Waals surface area contributed by atoms with Gasteiger partial charge in [-0.25, -0.2) is 0 Å². The fourth-order valence-electron chi connectivity index (χ4n) is 3.71. The van der Waals surface area contributed by atoms with Gasteiger partial charge < -0.3 is 10.1 Å². The van der Waals surface area contributed by atoms with E-state index in [1.54, 1.807) is 6.07 Å². The minimum Gasteiger partial charge on any atom is -0.382 e. The van der Waals surface area contributed by atoms with Gasteiger partial charge in [0.25, 0.3) is 0 Å². The van der Waals surface area contributed by atoms with E-state index in [0.717, 1.165) is 38.2 Å². The standard InChI is InChI=1S/C17H19F3N2O/c18-17(19,20)14-9-12(11-21)3-4-15(14)22-13-5-8-23-16(10-13)6-1-2-7-16/h3-4,9,13,22H,1-2,5-8,10H2. The Morgan fingerprint density at radius 1 is 1.26 bits per heavy atom. The largest absolute Gasteiger partial charge is 0.418 e. The number of hydrogen-bond donors (Lipinski definition) is 1. The first-order valence-corrected chi connectivity index (χ1v) is 7.94. The molecule has 1 aromatic rings. The van der Waals surface area contributed by atoms with Gasteiger partial charge in [-0.2, -0.15) is 18.4 Å². The Morgan fingerprint density at radius 2 is 2.00 bits per heavy atom. The molecule has 1 saturated carbocycles. The third kappa shape index (κ3) is 3.45. The molecule has 0 amide bonds. The van der Waals surface area contributed by atoms with E-state index >= 15 is 0 Å². The number of hydrogen-bond acceptors (Lipinski definition) is 3. The lowest BCUT2D eigenvalue weighted by molar-refractivity contribution is -0.137. The summed E-state index contributed by atoms with van der Waals surface area (Å²) in [6, 6.07) is 5.42. The molecule has 1 N–H and O–H groups in total. The zero-order valence-corrected chi connectivity index (χ0v) is 12.7. The smallest absolute Gasteiger partial charge is 0.382 e. The zero-order chi connectivity index (χ0) is 16.5. The van der Waals surface area contributed by atoms with Crippen molar-refractivity contribution in [1.82, 2.24) is 0 Å². The van der Waals surface area contributed by atoms with Crippen LogP contribution in [0.5, 0.6) is 0 Å². The first-order valence-electron chi connectivity index (χ1n) is 7.94. The van der Waals surface area contributed by atoms with Crippen LogP contribution in [0.25, 0.3) is 0 Å². The van der Waals surface area contributed by atoms with Crippen LogP contribution in [-0.4, -0.2) is 18.2 Å². The lowest BCUT2D eigenvalue weighted by Crippen LogP contribution is -2.42. The normalized spacial score (nSPS) is 23.7. The molecule has 1 heterocycles. The molecule has 1 aromatic carbocycles. The molecular formula is C17H19F3N2O. The summed E-state index contributed by atoms with van der Waals surface area (Å²) in [6.07, 6.45) is 1.18. The Balaban J connectivity index is 1.81. The first kappa shape index (κ1) is 16.1. The number of rotatable bonds is 2. The molecule has 2 fully saturated rings. The van der Waals surface area contributed by atoms with Gasteiger partial charge in [0.05, 0.1) is 22.8 Å². The maximum absolute atomic E-state index is 13.2. The number of anilines is 1. The molecule has 1 atom stereocenters. The first-order chi connectivity index (χ1) is 10.9. The number of ether oxygens (including phenoxy) is 1. The molecule has 124 valence electrons. The van der Waals surface area contributed by atoms with Crippen LogP contribution in [0.3, 0.4) is 0 Å². The fraction of sp³-hybridized carbons (Fsp3) is 0.588. The van der Waals surface area contributed by atoms with Crippen LogP contribution in [0.2, 0.25) is 0 Å². The Hall–Kier alpha value is -1.74. The van der Waals surface area contributed by atoms with E-state index in [2.05, 4.69) is 5.32 Å². The van der Waals surface area contributed by atoms with Crippen molar-refractivity contribution < 1.29 is 17.9 Å². The highest BCUT2D eigenvalue weighted by Crippen LogP contribution is 2.42. The monoisotopic (exact) mass is 324 g/mol. The summed E-state index contributed by atoms with van der Waals surface area (Å²) in [5.41, 5.74) is -0.858. The third-order valence-corrected chi connectivity index (χ3v) is 4.82. The second kappa shape index (κ2) is 6.04. The van der Waals surface area contributed by atoms with Crippen molar-refractivity contribution in [2.24, 2.45) is 0 Å².